The number of carboxylic acids is 1. The van der Waals surface area contributed by atoms with Crippen molar-refractivity contribution >= 4 is 11.7 Å². The molecule has 0 unspecified atom stereocenters. The van der Waals surface area contributed by atoms with Crippen molar-refractivity contribution in [2.75, 3.05) is 24.6 Å². The topological polar surface area (TPSA) is 95.8 Å². The molecule has 2 N–H and O–H groups in total. The van der Waals surface area contributed by atoms with Crippen molar-refractivity contribution in [3.05, 3.63) is 35.8 Å². The second-order valence-corrected chi connectivity index (χ2v) is 10.9. The molecule has 0 atom stereocenters. The van der Waals surface area contributed by atoms with Gasteiger partial charge in [-0.05, 0) is 69.9 Å². The first-order chi connectivity index (χ1) is 16.6. The van der Waals surface area contributed by atoms with Crippen molar-refractivity contribution in [3.8, 4) is 17.0 Å². The zero-order chi connectivity index (χ0) is 25.6. The number of hydrogen-bond acceptors (Lipinski definition) is 6. The molecule has 2 aliphatic rings. The molecule has 2 aromatic rings. The van der Waals surface area contributed by atoms with Gasteiger partial charge in [-0.3, -0.25) is 14.8 Å². The van der Waals surface area contributed by atoms with Gasteiger partial charge in [0.25, 0.3) is 0 Å². The molecule has 35 heavy (non-hydrogen) atoms. The van der Waals surface area contributed by atoms with Crippen LogP contribution in [0.5, 0.6) is 5.75 Å². The van der Waals surface area contributed by atoms with Crippen LogP contribution < -0.4 is 9.64 Å². The highest BCUT2D eigenvalue weighted by Gasteiger charge is 2.29. The summed E-state index contributed by atoms with van der Waals surface area (Å²) in [7, 11) is 0. The molecular formula is C28H41N3O4. The number of aromatic nitrogens is 2. The van der Waals surface area contributed by atoms with Crippen LogP contribution in [-0.2, 0) is 11.2 Å². The first-order valence-electron chi connectivity index (χ1n) is 12.8. The number of pyridine rings is 2. The molecule has 1 saturated carbocycles. The van der Waals surface area contributed by atoms with Gasteiger partial charge in [0.15, 0.2) is 0 Å². The second kappa shape index (κ2) is 11.8. The minimum atomic E-state index is -0.839. The summed E-state index contributed by atoms with van der Waals surface area (Å²) in [5.41, 5.74) is 4.54. The van der Waals surface area contributed by atoms with Crippen molar-refractivity contribution in [2.45, 2.75) is 79.2 Å². The fourth-order valence-corrected chi connectivity index (χ4v) is 4.38. The van der Waals surface area contributed by atoms with E-state index in [0.29, 0.717) is 11.3 Å². The van der Waals surface area contributed by atoms with E-state index in [-0.39, 0.29) is 12.5 Å². The van der Waals surface area contributed by atoms with Crippen LogP contribution in [-0.4, -0.2) is 52.0 Å². The molecule has 7 heteroatoms. The molecule has 1 aliphatic heterocycles. The van der Waals surface area contributed by atoms with Gasteiger partial charge in [-0.15, -0.1) is 0 Å². The molecule has 0 spiro atoms. The van der Waals surface area contributed by atoms with Crippen molar-refractivity contribution < 1.29 is 19.7 Å². The number of aryl methyl sites for hydroxylation is 1. The van der Waals surface area contributed by atoms with Gasteiger partial charge in [-0.25, -0.2) is 0 Å². The smallest absolute Gasteiger partial charge is 0.307 e. The SMILES string of the molecule is CC(C)O.Cc1ncc(-c2ccc(OCC3CCC3)cn2)c(N2CCC(C)(C)CC2)c1CC(=O)O. The zero-order valence-corrected chi connectivity index (χ0v) is 21.9. The van der Waals surface area contributed by atoms with E-state index in [1.165, 1.54) is 19.3 Å². The number of ether oxygens (including phenoxy) is 1. The van der Waals surface area contributed by atoms with E-state index in [9.17, 15) is 9.90 Å². The molecule has 1 saturated heterocycles. The molecule has 0 amide bonds. The Labute approximate surface area is 209 Å². The average Bonchev–Trinajstić information content (AvgIpc) is 2.74. The first kappa shape index (κ1) is 26.9. The fourth-order valence-electron chi connectivity index (χ4n) is 4.38. The third kappa shape index (κ3) is 7.66. The highest BCUT2D eigenvalue weighted by atomic mass is 16.5. The van der Waals surface area contributed by atoms with E-state index in [0.717, 1.165) is 66.5 Å². The highest BCUT2D eigenvalue weighted by Crippen LogP contribution is 2.39. The molecule has 2 fully saturated rings. The lowest BCUT2D eigenvalue weighted by atomic mass is 9.82. The van der Waals surface area contributed by atoms with E-state index in [1.807, 2.05) is 25.3 Å². The fraction of sp³-hybridized carbons (Fsp3) is 0.607. The minimum absolute atomic E-state index is 0.0372. The van der Waals surface area contributed by atoms with Gasteiger partial charge in [0.2, 0.25) is 0 Å². The summed E-state index contributed by atoms with van der Waals surface area (Å²) in [5.74, 6) is 0.616. The first-order valence-corrected chi connectivity index (χ1v) is 12.8. The Balaban J connectivity index is 0.000000795. The van der Waals surface area contributed by atoms with E-state index >= 15 is 0 Å². The highest BCUT2D eigenvalue weighted by molar-refractivity contribution is 5.83. The van der Waals surface area contributed by atoms with Crippen LogP contribution in [0.1, 0.15) is 71.1 Å². The van der Waals surface area contributed by atoms with E-state index in [4.69, 9.17) is 9.84 Å². The summed E-state index contributed by atoms with van der Waals surface area (Å²) in [4.78, 5) is 23.2. The molecule has 0 radical (unpaired) electrons. The van der Waals surface area contributed by atoms with Crippen LogP contribution in [0.15, 0.2) is 24.5 Å². The Hall–Kier alpha value is -2.67. The maximum absolute atomic E-state index is 11.6. The quantitative estimate of drug-likeness (QED) is 0.554. The second-order valence-electron chi connectivity index (χ2n) is 10.9. The maximum Gasteiger partial charge on any atom is 0.307 e. The Morgan fingerprint density at radius 3 is 2.34 bits per heavy atom. The lowest BCUT2D eigenvalue weighted by Crippen LogP contribution is -2.38. The predicted molar refractivity (Wildman–Crippen MR) is 139 cm³/mol. The van der Waals surface area contributed by atoms with Crippen LogP contribution in [0.25, 0.3) is 11.3 Å². The Morgan fingerprint density at radius 2 is 1.83 bits per heavy atom. The number of aliphatic carboxylic acids is 1. The zero-order valence-electron chi connectivity index (χ0n) is 21.9. The Morgan fingerprint density at radius 1 is 1.17 bits per heavy atom. The van der Waals surface area contributed by atoms with Crippen LogP contribution in [0.2, 0.25) is 0 Å². The number of hydrogen-bond donors (Lipinski definition) is 2. The Kier molecular flexibility index (Phi) is 9.11. The number of aliphatic hydroxyl groups excluding tert-OH is 1. The standard InChI is InChI=1S/C25H33N3O3.C3H8O/c1-17-20(13-23(29)30)24(28-11-9-25(2,3)10-12-28)21(15-26-17)22-8-7-19(14-27-22)31-16-18-5-4-6-18;1-3(2)4/h7-8,14-15,18H,4-6,9-13,16H2,1-3H3,(H,29,30);3-4H,1-2H3. The van der Waals surface area contributed by atoms with Crippen LogP contribution in [0.3, 0.4) is 0 Å². The third-order valence-corrected chi connectivity index (χ3v) is 6.85. The lowest BCUT2D eigenvalue weighted by Gasteiger charge is -2.40. The van der Waals surface area contributed by atoms with Crippen LogP contribution in [0, 0.1) is 18.3 Å². The van der Waals surface area contributed by atoms with Crippen molar-refractivity contribution in [1.29, 1.82) is 0 Å². The molecule has 0 aromatic carbocycles. The molecular weight excluding hydrogens is 442 g/mol. The largest absolute Gasteiger partial charge is 0.492 e. The predicted octanol–water partition coefficient (Wildman–Crippen LogP) is 5.27. The van der Waals surface area contributed by atoms with Gasteiger partial charge in [0.1, 0.15) is 5.75 Å². The number of piperidine rings is 1. The monoisotopic (exact) mass is 483 g/mol. The summed E-state index contributed by atoms with van der Waals surface area (Å²) in [5, 5.41) is 17.6. The van der Waals surface area contributed by atoms with Crippen LogP contribution >= 0.6 is 0 Å². The van der Waals surface area contributed by atoms with Gasteiger partial charge in [-0.1, -0.05) is 20.3 Å². The van der Waals surface area contributed by atoms with Gasteiger partial charge < -0.3 is 19.8 Å². The normalized spacial score (nSPS) is 17.4. The average molecular weight is 484 g/mol. The van der Waals surface area contributed by atoms with Crippen molar-refractivity contribution in [1.82, 2.24) is 9.97 Å². The molecule has 4 rings (SSSR count). The van der Waals surface area contributed by atoms with Gasteiger partial charge in [0.05, 0.1) is 30.6 Å². The third-order valence-electron chi connectivity index (χ3n) is 6.85. The van der Waals surface area contributed by atoms with Gasteiger partial charge >= 0.3 is 5.97 Å². The van der Waals surface area contributed by atoms with E-state index < -0.39 is 5.97 Å². The number of carboxylic acid groups (broad SMARTS) is 1. The summed E-state index contributed by atoms with van der Waals surface area (Å²) in [6, 6.07) is 3.92. The number of nitrogens with zero attached hydrogens (tertiary/aromatic N) is 3. The Bertz CT molecular complexity index is 972. The van der Waals surface area contributed by atoms with E-state index in [2.05, 4.69) is 28.7 Å². The number of aliphatic hydroxyl groups is 1. The van der Waals surface area contributed by atoms with Gasteiger partial charge in [0, 0.05) is 42.2 Å². The maximum atomic E-state index is 11.6. The molecule has 0 bridgehead atoms. The molecule has 1 aliphatic carbocycles. The summed E-state index contributed by atoms with van der Waals surface area (Å²) < 4.78 is 5.90. The molecule has 7 nitrogen and oxygen atoms in total. The van der Waals surface area contributed by atoms with Crippen molar-refractivity contribution in [2.24, 2.45) is 11.3 Å². The number of anilines is 1. The number of carbonyl (C=O) groups is 1. The summed E-state index contributed by atoms with van der Waals surface area (Å²) in [6.45, 7) is 12.5. The van der Waals surface area contributed by atoms with E-state index in [1.54, 1.807) is 20.0 Å². The number of rotatable bonds is 7. The lowest BCUT2D eigenvalue weighted by molar-refractivity contribution is -0.136. The summed E-state index contributed by atoms with van der Waals surface area (Å²) in [6.07, 6.45) is 9.36. The molecule has 3 heterocycles. The molecule has 192 valence electrons. The summed E-state index contributed by atoms with van der Waals surface area (Å²) >= 11 is 0. The minimum Gasteiger partial charge on any atom is -0.492 e. The van der Waals surface area contributed by atoms with Crippen molar-refractivity contribution in [3.63, 3.8) is 0 Å². The van der Waals surface area contributed by atoms with Crippen LogP contribution in [0.4, 0.5) is 5.69 Å². The van der Waals surface area contributed by atoms with Gasteiger partial charge in [-0.2, -0.15) is 0 Å². The molecule has 2 aromatic heterocycles.